The van der Waals surface area contributed by atoms with E-state index in [4.69, 9.17) is 16.3 Å². The van der Waals surface area contributed by atoms with Crippen LogP contribution in [-0.4, -0.2) is 22.1 Å². The second-order valence-electron chi connectivity index (χ2n) is 6.33. The Bertz CT molecular complexity index is 1160. The minimum absolute atomic E-state index is 0.0200. The molecule has 0 amide bonds. The molecule has 0 unspecified atom stereocenters. The van der Waals surface area contributed by atoms with Crippen molar-refractivity contribution in [2.24, 2.45) is 0 Å². The van der Waals surface area contributed by atoms with Gasteiger partial charge in [-0.1, -0.05) is 54.1 Å². The lowest BCUT2D eigenvalue weighted by Gasteiger charge is -2.16. The molecule has 0 aliphatic heterocycles. The van der Waals surface area contributed by atoms with Gasteiger partial charge in [-0.25, -0.2) is 0 Å². The maximum atomic E-state index is 12.8. The van der Waals surface area contributed by atoms with Crippen LogP contribution in [0.5, 0.6) is 11.6 Å². The van der Waals surface area contributed by atoms with Crippen molar-refractivity contribution in [3.63, 3.8) is 0 Å². The van der Waals surface area contributed by atoms with E-state index in [2.05, 4.69) is 0 Å². The van der Waals surface area contributed by atoms with E-state index < -0.39 is 23.8 Å². The summed E-state index contributed by atoms with van der Waals surface area (Å²) in [5.74, 6) is -0.751. The Morgan fingerprint density at radius 2 is 1.83 bits per heavy atom. The zero-order chi connectivity index (χ0) is 21.0. The van der Waals surface area contributed by atoms with Crippen LogP contribution in [0, 0.1) is 18.3 Å². The Kier molecular flexibility index (Phi) is 6.01. The molecule has 1 heterocycles. The summed E-state index contributed by atoms with van der Waals surface area (Å²) in [4.78, 5) is 25.5. The highest BCUT2D eigenvalue weighted by Gasteiger charge is 2.24. The average Bonchev–Trinajstić information content (AvgIpc) is 2.72. The number of nitrogens with zero attached hydrogens (tertiary/aromatic N) is 2. The van der Waals surface area contributed by atoms with Crippen molar-refractivity contribution < 1.29 is 14.6 Å². The summed E-state index contributed by atoms with van der Waals surface area (Å²) in [7, 11) is 0. The van der Waals surface area contributed by atoms with E-state index in [1.807, 2.05) is 12.1 Å². The third-order valence-corrected chi connectivity index (χ3v) is 4.77. The molecule has 6 nitrogen and oxygen atoms in total. The number of ether oxygens (including phenoxy) is 1. The number of pyridine rings is 1. The molecule has 146 valence electrons. The van der Waals surface area contributed by atoms with Crippen molar-refractivity contribution in [1.82, 2.24) is 4.57 Å². The van der Waals surface area contributed by atoms with Crippen molar-refractivity contribution >= 4 is 17.4 Å². The first-order valence-electron chi connectivity index (χ1n) is 8.75. The number of aromatic nitrogens is 1. The molecule has 0 aliphatic rings. The monoisotopic (exact) mass is 408 g/mol. The highest BCUT2D eigenvalue weighted by molar-refractivity contribution is 6.32. The third-order valence-electron chi connectivity index (χ3n) is 4.46. The smallest absolute Gasteiger partial charge is 0.271 e. The normalized spacial score (nSPS) is 10.4. The molecular formula is C22H17ClN2O4. The van der Waals surface area contributed by atoms with Crippen molar-refractivity contribution in [1.29, 1.82) is 5.26 Å². The van der Waals surface area contributed by atoms with Gasteiger partial charge in [0, 0.05) is 0 Å². The molecule has 0 atom stereocenters. The number of ketones is 1. The Balaban J connectivity index is 2.00. The molecule has 1 aromatic heterocycles. The number of nitriles is 1. The Morgan fingerprint density at radius 3 is 2.48 bits per heavy atom. The summed E-state index contributed by atoms with van der Waals surface area (Å²) in [5, 5.41) is 20.5. The average molecular weight is 409 g/mol. The van der Waals surface area contributed by atoms with Crippen LogP contribution in [0.25, 0.3) is 0 Å². The van der Waals surface area contributed by atoms with Gasteiger partial charge in [0.2, 0.25) is 11.7 Å². The van der Waals surface area contributed by atoms with E-state index in [0.717, 1.165) is 10.1 Å². The van der Waals surface area contributed by atoms with Crippen molar-refractivity contribution in [2.75, 3.05) is 6.61 Å². The van der Waals surface area contributed by atoms with Gasteiger partial charge < -0.3 is 9.84 Å². The quantitative estimate of drug-likeness (QED) is 0.628. The molecule has 7 heteroatoms. The maximum Gasteiger partial charge on any atom is 0.271 e. The van der Waals surface area contributed by atoms with Crippen LogP contribution in [0.2, 0.25) is 5.02 Å². The number of aromatic hydroxyl groups is 1. The number of halogens is 1. The molecule has 0 saturated carbocycles. The van der Waals surface area contributed by atoms with Crippen LogP contribution in [0.3, 0.4) is 0 Å². The molecule has 3 rings (SSSR count). The predicted octanol–water partition coefficient (Wildman–Crippen LogP) is 3.70. The highest BCUT2D eigenvalue weighted by atomic mass is 35.5. The summed E-state index contributed by atoms with van der Waals surface area (Å²) in [6.07, 6.45) is 0. The number of rotatable bonds is 6. The Labute approximate surface area is 172 Å². The molecular weight excluding hydrogens is 392 g/mol. The van der Waals surface area contributed by atoms with Gasteiger partial charge >= 0.3 is 0 Å². The van der Waals surface area contributed by atoms with E-state index in [1.165, 1.54) is 6.92 Å². The van der Waals surface area contributed by atoms with E-state index in [1.54, 1.807) is 48.5 Å². The fourth-order valence-electron chi connectivity index (χ4n) is 2.97. The van der Waals surface area contributed by atoms with Crippen LogP contribution in [-0.2, 0) is 6.54 Å². The fraction of sp³-hybridized carbons (Fsp3) is 0.136. The molecule has 0 bridgehead atoms. The van der Waals surface area contributed by atoms with Crippen LogP contribution in [0.4, 0.5) is 0 Å². The standard InChI is InChI=1S/C22H17ClN2O4/c1-14-16(11-24)21(27)25(12-15-7-3-2-4-8-15)22(28)20(14)18(26)13-29-19-10-6-5-9-17(19)23/h2-10,28H,12-13H2,1H3. The number of Topliss-reactive ketones (excluding diaryl/α,β-unsaturated/α-hetero) is 1. The zero-order valence-electron chi connectivity index (χ0n) is 15.6. The second-order valence-corrected chi connectivity index (χ2v) is 6.74. The number of hydrogen-bond donors (Lipinski definition) is 1. The molecule has 29 heavy (non-hydrogen) atoms. The molecule has 2 aromatic carbocycles. The topological polar surface area (TPSA) is 92.3 Å². The van der Waals surface area contributed by atoms with Crippen LogP contribution in [0.15, 0.2) is 59.4 Å². The molecule has 0 spiro atoms. The van der Waals surface area contributed by atoms with E-state index in [-0.39, 0.29) is 23.2 Å². The SMILES string of the molecule is Cc1c(C(=O)COc2ccccc2Cl)c(O)n(Cc2ccccc2)c(=O)c1C#N. The van der Waals surface area contributed by atoms with Gasteiger partial charge in [0.1, 0.15) is 17.4 Å². The predicted molar refractivity (Wildman–Crippen MR) is 109 cm³/mol. The first kappa shape index (κ1) is 20.2. The molecule has 1 N–H and O–H groups in total. The lowest BCUT2D eigenvalue weighted by molar-refractivity contribution is 0.0916. The van der Waals surface area contributed by atoms with E-state index >= 15 is 0 Å². The first-order valence-corrected chi connectivity index (χ1v) is 9.12. The molecule has 0 saturated heterocycles. The van der Waals surface area contributed by atoms with Crippen molar-refractivity contribution in [3.8, 4) is 17.7 Å². The van der Waals surface area contributed by atoms with Gasteiger partial charge in [-0.05, 0) is 30.2 Å². The van der Waals surface area contributed by atoms with E-state index in [9.17, 15) is 20.0 Å². The lowest BCUT2D eigenvalue weighted by atomic mass is 10.0. The number of benzene rings is 2. The highest BCUT2D eigenvalue weighted by Crippen LogP contribution is 2.26. The molecule has 0 fully saturated rings. The van der Waals surface area contributed by atoms with Gasteiger partial charge in [-0.15, -0.1) is 0 Å². The maximum absolute atomic E-state index is 12.8. The number of carbonyl (C=O) groups is 1. The number of hydrogen-bond acceptors (Lipinski definition) is 5. The summed E-state index contributed by atoms with van der Waals surface area (Å²) in [6, 6.07) is 17.5. The molecule has 0 radical (unpaired) electrons. The van der Waals surface area contributed by atoms with Gasteiger partial charge in [0.25, 0.3) is 5.56 Å². The van der Waals surface area contributed by atoms with Crippen LogP contribution < -0.4 is 10.3 Å². The summed E-state index contributed by atoms with van der Waals surface area (Å²) in [6.45, 7) is 1.06. The summed E-state index contributed by atoms with van der Waals surface area (Å²) >= 11 is 6.03. The van der Waals surface area contributed by atoms with Crippen molar-refractivity contribution in [3.05, 3.63) is 92.2 Å². The van der Waals surface area contributed by atoms with Gasteiger partial charge in [0.15, 0.2) is 6.61 Å². The van der Waals surface area contributed by atoms with Crippen LogP contribution in [0.1, 0.15) is 27.0 Å². The molecule has 0 aliphatic carbocycles. The van der Waals surface area contributed by atoms with Crippen LogP contribution >= 0.6 is 11.6 Å². The number of carbonyl (C=O) groups excluding carboxylic acids is 1. The Hall–Kier alpha value is -3.56. The lowest BCUT2D eigenvalue weighted by Crippen LogP contribution is -2.28. The van der Waals surface area contributed by atoms with Gasteiger partial charge in [-0.3, -0.25) is 14.2 Å². The Morgan fingerprint density at radius 1 is 1.17 bits per heavy atom. The first-order chi connectivity index (χ1) is 13.9. The van der Waals surface area contributed by atoms with Gasteiger partial charge in [0.05, 0.1) is 17.1 Å². The third kappa shape index (κ3) is 4.15. The summed E-state index contributed by atoms with van der Waals surface area (Å²) in [5.41, 5.74) is -0.116. The van der Waals surface area contributed by atoms with Crippen molar-refractivity contribution in [2.45, 2.75) is 13.5 Å². The largest absolute Gasteiger partial charge is 0.494 e. The van der Waals surface area contributed by atoms with Gasteiger partial charge in [-0.2, -0.15) is 5.26 Å². The fourth-order valence-corrected chi connectivity index (χ4v) is 3.16. The molecule has 3 aromatic rings. The number of para-hydroxylation sites is 1. The minimum atomic E-state index is -0.657. The second kappa shape index (κ2) is 8.63. The zero-order valence-corrected chi connectivity index (χ0v) is 16.3. The summed E-state index contributed by atoms with van der Waals surface area (Å²) < 4.78 is 6.48. The van der Waals surface area contributed by atoms with E-state index in [0.29, 0.717) is 10.8 Å². The minimum Gasteiger partial charge on any atom is -0.494 e.